The third-order valence-electron chi connectivity index (χ3n) is 5.64. The highest BCUT2D eigenvalue weighted by molar-refractivity contribution is 6.33. The van der Waals surface area contributed by atoms with E-state index in [1.165, 1.54) is 5.57 Å². The lowest BCUT2D eigenvalue weighted by molar-refractivity contribution is 0.0899. The second kappa shape index (κ2) is 9.48. The third-order valence-corrected chi connectivity index (χ3v) is 5.97. The number of likely N-dealkylation sites (tertiary alicyclic amines) is 1. The molecule has 1 unspecified atom stereocenters. The zero-order valence-electron chi connectivity index (χ0n) is 16.7. The predicted molar refractivity (Wildman–Crippen MR) is 115 cm³/mol. The Morgan fingerprint density at radius 1 is 1.39 bits per heavy atom. The zero-order valence-corrected chi connectivity index (χ0v) is 17.5. The van der Waals surface area contributed by atoms with Crippen LogP contribution < -0.4 is 15.8 Å². The van der Waals surface area contributed by atoms with Gasteiger partial charge < -0.3 is 15.8 Å². The number of nitrogens with zero attached hydrogens (tertiary/aromatic N) is 1. The summed E-state index contributed by atoms with van der Waals surface area (Å²) in [5, 5.41) is 3.52. The Balaban J connectivity index is 1.59. The number of nitrogens with one attached hydrogen (secondary N) is 1. The molecule has 3 rings (SSSR count). The zero-order chi connectivity index (χ0) is 20.1. The Hall–Kier alpha value is -1.98. The molecule has 0 saturated carbocycles. The second-order valence-electron chi connectivity index (χ2n) is 7.47. The molecule has 1 atom stereocenters. The summed E-state index contributed by atoms with van der Waals surface area (Å²) in [6.45, 7) is 6.58. The van der Waals surface area contributed by atoms with E-state index < -0.39 is 0 Å². The van der Waals surface area contributed by atoms with Crippen molar-refractivity contribution in [2.75, 3.05) is 25.4 Å². The van der Waals surface area contributed by atoms with Gasteiger partial charge in [-0.15, -0.1) is 0 Å². The van der Waals surface area contributed by atoms with Gasteiger partial charge in [0, 0.05) is 31.2 Å². The summed E-state index contributed by atoms with van der Waals surface area (Å²) >= 11 is 6.12. The van der Waals surface area contributed by atoms with E-state index in [-0.39, 0.29) is 11.9 Å². The fourth-order valence-electron chi connectivity index (χ4n) is 3.92. The van der Waals surface area contributed by atoms with E-state index in [4.69, 9.17) is 22.1 Å². The van der Waals surface area contributed by atoms with Gasteiger partial charge in [0.1, 0.15) is 5.75 Å². The molecular weight excluding hydrogens is 374 g/mol. The first-order valence-electron chi connectivity index (χ1n) is 10.1. The van der Waals surface area contributed by atoms with Crippen molar-refractivity contribution in [2.45, 2.75) is 51.6 Å². The molecule has 152 valence electrons. The molecule has 1 fully saturated rings. The molecule has 1 saturated heterocycles. The van der Waals surface area contributed by atoms with Gasteiger partial charge in [-0.05, 0) is 45.6 Å². The molecule has 6 heteroatoms. The van der Waals surface area contributed by atoms with Crippen molar-refractivity contribution in [1.82, 2.24) is 10.2 Å². The van der Waals surface area contributed by atoms with Crippen molar-refractivity contribution in [3.63, 3.8) is 0 Å². The van der Waals surface area contributed by atoms with Crippen LogP contribution in [0.15, 0.2) is 35.9 Å². The molecule has 2 aliphatic rings. The van der Waals surface area contributed by atoms with Crippen LogP contribution in [0.3, 0.4) is 0 Å². The van der Waals surface area contributed by atoms with Gasteiger partial charge in [-0.1, -0.05) is 35.4 Å². The Morgan fingerprint density at radius 3 is 2.79 bits per heavy atom. The number of carbonyl (C=O) groups is 1. The first-order valence-corrected chi connectivity index (χ1v) is 10.5. The van der Waals surface area contributed by atoms with Crippen molar-refractivity contribution in [2.24, 2.45) is 0 Å². The van der Waals surface area contributed by atoms with E-state index in [9.17, 15) is 4.79 Å². The van der Waals surface area contributed by atoms with Crippen LogP contribution in [0.1, 0.15) is 49.9 Å². The minimum atomic E-state index is -0.156. The van der Waals surface area contributed by atoms with Crippen LogP contribution in [0.25, 0.3) is 0 Å². The number of benzene rings is 1. The molecule has 5 nitrogen and oxygen atoms in total. The normalized spacial score (nSPS) is 19.2. The van der Waals surface area contributed by atoms with E-state index in [1.807, 2.05) is 6.92 Å². The number of allylic oxidation sites excluding steroid dienone is 3. The molecule has 0 bridgehead atoms. The van der Waals surface area contributed by atoms with Gasteiger partial charge in [0.05, 0.1) is 22.9 Å². The number of nitrogens with two attached hydrogens (primary N) is 1. The molecule has 1 amide bonds. The van der Waals surface area contributed by atoms with E-state index in [1.54, 1.807) is 12.1 Å². The number of piperidine rings is 1. The smallest absolute Gasteiger partial charge is 0.255 e. The van der Waals surface area contributed by atoms with Gasteiger partial charge in [0.15, 0.2) is 0 Å². The summed E-state index contributed by atoms with van der Waals surface area (Å²) < 4.78 is 5.58. The Kier molecular flexibility index (Phi) is 7.03. The van der Waals surface area contributed by atoms with Crippen LogP contribution in [-0.4, -0.2) is 42.6 Å². The number of halogens is 1. The van der Waals surface area contributed by atoms with Crippen molar-refractivity contribution >= 4 is 23.2 Å². The molecule has 0 spiro atoms. The van der Waals surface area contributed by atoms with Gasteiger partial charge in [0.25, 0.3) is 5.91 Å². The summed E-state index contributed by atoms with van der Waals surface area (Å²) in [5.74, 6) is 0.322. The number of hydrogen-bond donors (Lipinski definition) is 2. The van der Waals surface area contributed by atoms with Gasteiger partial charge in [-0.3, -0.25) is 9.69 Å². The summed E-state index contributed by atoms with van der Waals surface area (Å²) in [7, 11) is 0. The third kappa shape index (κ3) is 4.89. The fraction of sp³-hybridized carbons (Fsp3) is 0.500. The second-order valence-corrected chi connectivity index (χ2v) is 7.88. The number of rotatable bonds is 6. The van der Waals surface area contributed by atoms with E-state index in [0.717, 1.165) is 38.8 Å². The Labute approximate surface area is 172 Å². The number of anilines is 1. The first-order chi connectivity index (χ1) is 13.5. The highest BCUT2D eigenvalue weighted by atomic mass is 35.5. The van der Waals surface area contributed by atoms with Crippen molar-refractivity contribution in [3.8, 4) is 5.75 Å². The molecule has 1 aromatic carbocycles. The molecule has 0 aromatic heterocycles. The topological polar surface area (TPSA) is 67.6 Å². The van der Waals surface area contributed by atoms with Crippen molar-refractivity contribution in [3.05, 3.63) is 46.5 Å². The highest BCUT2D eigenvalue weighted by Crippen LogP contribution is 2.29. The van der Waals surface area contributed by atoms with Gasteiger partial charge in [0.2, 0.25) is 0 Å². The van der Waals surface area contributed by atoms with Crippen LogP contribution in [0.4, 0.5) is 5.69 Å². The monoisotopic (exact) mass is 403 g/mol. The maximum Gasteiger partial charge on any atom is 0.255 e. The van der Waals surface area contributed by atoms with E-state index in [0.29, 0.717) is 34.7 Å². The SMILES string of the molecule is CCOc1cc(N)c(Cl)cc1C(=O)NC1CCN(C(C)C2=CC=CCC2)CC1. The number of amides is 1. The van der Waals surface area contributed by atoms with Gasteiger partial charge >= 0.3 is 0 Å². The lowest BCUT2D eigenvalue weighted by Gasteiger charge is -2.37. The number of ether oxygens (including phenoxy) is 1. The summed E-state index contributed by atoms with van der Waals surface area (Å²) in [6, 6.07) is 3.83. The van der Waals surface area contributed by atoms with Gasteiger partial charge in [-0.2, -0.15) is 0 Å². The summed E-state index contributed by atoms with van der Waals surface area (Å²) in [6.07, 6.45) is 10.8. The predicted octanol–water partition coefficient (Wildman–Crippen LogP) is 4.18. The average molecular weight is 404 g/mol. The maximum atomic E-state index is 12.8. The molecule has 1 aliphatic carbocycles. The number of hydrogen-bond acceptors (Lipinski definition) is 4. The fourth-order valence-corrected chi connectivity index (χ4v) is 4.08. The standard InChI is InChI=1S/C22H30ClN3O2/c1-3-28-21-14-20(24)19(23)13-18(21)22(27)25-17-9-11-26(12-10-17)15(2)16-7-5-4-6-8-16/h4-5,7,13-15,17H,3,6,8-12,24H2,1-2H3,(H,25,27). The molecule has 1 aromatic rings. The first kappa shape index (κ1) is 20.7. The molecule has 28 heavy (non-hydrogen) atoms. The van der Waals surface area contributed by atoms with E-state index in [2.05, 4.69) is 35.4 Å². The molecule has 3 N–H and O–H groups in total. The summed E-state index contributed by atoms with van der Waals surface area (Å²) in [5.41, 5.74) is 8.21. The molecule has 0 radical (unpaired) electrons. The molecule has 1 heterocycles. The minimum Gasteiger partial charge on any atom is -0.493 e. The van der Waals surface area contributed by atoms with Crippen LogP contribution in [-0.2, 0) is 0 Å². The largest absolute Gasteiger partial charge is 0.493 e. The lowest BCUT2D eigenvalue weighted by Crippen LogP contribution is -2.47. The van der Waals surface area contributed by atoms with Crippen LogP contribution in [0.2, 0.25) is 5.02 Å². The minimum absolute atomic E-state index is 0.155. The highest BCUT2D eigenvalue weighted by Gasteiger charge is 2.26. The number of nitrogen functional groups attached to an aromatic ring is 1. The van der Waals surface area contributed by atoms with E-state index >= 15 is 0 Å². The van der Waals surface area contributed by atoms with Crippen LogP contribution in [0, 0.1) is 0 Å². The van der Waals surface area contributed by atoms with Crippen molar-refractivity contribution in [1.29, 1.82) is 0 Å². The Bertz CT molecular complexity index is 767. The maximum absolute atomic E-state index is 12.8. The number of carbonyl (C=O) groups excluding carboxylic acids is 1. The Morgan fingerprint density at radius 2 is 2.14 bits per heavy atom. The van der Waals surface area contributed by atoms with Crippen molar-refractivity contribution < 1.29 is 9.53 Å². The molecule has 1 aliphatic heterocycles. The quantitative estimate of drug-likeness (QED) is 0.699. The lowest BCUT2D eigenvalue weighted by atomic mass is 9.95. The van der Waals surface area contributed by atoms with Gasteiger partial charge in [-0.25, -0.2) is 0 Å². The average Bonchev–Trinajstić information content (AvgIpc) is 2.71. The summed E-state index contributed by atoms with van der Waals surface area (Å²) in [4.78, 5) is 15.3. The molecular formula is C22H30ClN3O2. The van der Waals surface area contributed by atoms with Crippen LogP contribution >= 0.6 is 11.6 Å². The van der Waals surface area contributed by atoms with Crippen LogP contribution in [0.5, 0.6) is 5.75 Å².